The van der Waals surface area contributed by atoms with Crippen LogP contribution in [-0.4, -0.2) is 39.4 Å². The third-order valence-electron chi connectivity index (χ3n) is 4.55. The van der Waals surface area contributed by atoms with Gasteiger partial charge >= 0.3 is 0 Å². The Morgan fingerprint density at radius 2 is 1.96 bits per heavy atom. The normalized spacial score (nSPS) is 17.4. The fourth-order valence-corrected chi connectivity index (χ4v) is 3.28. The average molecular weight is 340 g/mol. The summed E-state index contributed by atoms with van der Waals surface area (Å²) in [7, 11) is 1.69. The lowest BCUT2D eigenvalue weighted by Gasteiger charge is -2.35. The predicted molar refractivity (Wildman–Crippen MR) is 103 cm³/mol. The molecule has 0 unspecified atom stereocenters. The topological polar surface area (TPSA) is 33.7 Å². The molecule has 0 bridgehead atoms. The van der Waals surface area contributed by atoms with Crippen molar-refractivity contribution in [1.82, 2.24) is 5.32 Å². The number of benzene rings is 2. The van der Waals surface area contributed by atoms with Gasteiger partial charge in [-0.3, -0.25) is 0 Å². The molecular weight excluding hydrogens is 312 g/mol. The lowest BCUT2D eigenvalue weighted by molar-refractivity contribution is 0.294. The maximum absolute atomic E-state index is 5.86. The van der Waals surface area contributed by atoms with Crippen LogP contribution in [0.5, 0.6) is 11.5 Å². The SMILES string of the molecule is CCCOc1cc(N2CCN[C@@H](Cc3ccccc3)C2)ccc1OC. The fourth-order valence-electron chi connectivity index (χ4n) is 3.28. The quantitative estimate of drug-likeness (QED) is 0.836. The van der Waals surface area contributed by atoms with Crippen LogP contribution in [0.25, 0.3) is 0 Å². The largest absolute Gasteiger partial charge is 0.493 e. The lowest BCUT2D eigenvalue weighted by atomic mass is 10.0. The Balaban J connectivity index is 1.70. The summed E-state index contributed by atoms with van der Waals surface area (Å²) < 4.78 is 11.3. The van der Waals surface area contributed by atoms with Crippen molar-refractivity contribution in [1.29, 1.82) is 0 Å². The maximum atomic E-state index is 5.86. The van der Waals surface area contributed by atoms with E-state index >= 15 is 0 Å². The number of hydrogen-bond donors (Lipinski definition) is 1. The number of piperazine rings is 1. The van der Waals surface area contributed by atoms with E-state index < -0.39 is 0 Å². The number of rotatable bonds is 7. The van der Waals surface area contributed by atoms with E-state index in [0.717, 1.165) is 44.0 Å². The number of nitrogens with zero attached hydrogens (tertiary/aromatic N) is 1. The van der Waals surface area contributed by atoms with E-state index in [4.69, 9.17) is 9.47 Å². The highest BCUT2D eigenvalue weighted by atomic mass is 16.5. The van der Waals surface area contributed by atoms with Crippen molar-refractivity contribution in [2.45, 2.75) is 25.8 Å². The first-order valence-electron chi connectivity index (χ1n) is 9.13. The van der Waals surface area contributed by atoms with Crippen LogP contribution in [0, 0.1) is 0 Å². The Labute approximate surface area is 150 Å². The summed E-state index contributed by atoms with van der Waals surface area (Å²) in [5.74, 6) is 1.63. The van der Waals surface area contributed by atoms with Gasteiger partial charge in [-0.1, -0.05) is 37.3 Å². The molecule has 0 amide bonds. The third kappa shape index (κ3) is 4.67. The first-order valence-corrected chi connectivity index (χ1v) is 9.13. The second-order valence-corrected chi connectivity index (χ2v) is 6.47. The zero-order valence-corrected chi connectivity index (χ0v) is 15.2. The van der Waals surface area contributed by atoms with E-state index in [1.54, 1.807) is 7.11 Å². The van der Waals surface area contributed by atoms with Crippen molar-refractivity contribution in [3.05, 3.63) is 54.1 Å². The number of methoxy groups -OCH3 is 1. The zero-order valence-electron chi connectivity index (χ0n) is 15.2. The minimum atomic E-state index is 0.457. The monoisotopic (exact) mass is 340 g/mol. The highest BCUT2D eigenvalue weighted by Crippen LogP contribution is 2.32. The van der Waals surface area contributed by atoms with Crippen molar-refractivity contribution in [2.75, 3.05) is 38.3 Å². The van der Waals surface area contributed by atoms with Gasteiger partial charge in [0.1, 0.15) is 0 Å². The summed E-state index contributed by atoms with van der Waals surface area (Å²) in [5, 5.41) is 3.64. The molecule has 2 aromatic rings. The summed E-state index contributed by atoms with van der Waals surface area (Å²) in [4.78, 5) is 2.43. The minimum absolute atomic E-state index is 0.457. The number of nitrogens with one attached hydrogen (secondary N) is 1. The van der Waals surface area contributed by atoms with Crippen molar-refractivity contribution in [3.63, 3.8) is 0 Å². The molecule has 3 rings (SSSR count). The number of ether oxygens (including phenoxy) is 2. The summed E-state index contributed by atoms with van der Waals surface area (Å²) >= 11 is 0. The second kappa shape index (κ2) is 8.77. The first-order chi connectivity index (χ1) is 12.3. The van der Waals surface area contributed by atoms with Gasteiger partial charge in [-0.25, -0.2) is 0 Å². The molecule has 0 aromatic heterocycles. The molecule has 1 saturated heterocycles. The molecule has 1 N–H and O–H groups in total. The molecule has 1 aliphatic rings. The summed E-state index contributed by atoms with van der Waals surface area (Å²) in [6.45, 7) is 5.81. The van der Waals surface area contributed by atoms with Gasteiger partial charge in [0.2, 0.25) is 0 Å². The molecule has 2 aromatic carbocycles. The van der Waals surface area contributed by atoms with Gasteiger partial charge in [0.05, 0.1) is 13.7 Å². The van der Waals surface area contributed by atoms with Crippen LogP contribution >= 0.6 is 0 Å². The van der Waals surface area contributed by atoms with Gasteiger partial charge < -0.3 is 19.7 Å². The van der Waals surface area contributed by atoms with Gasteiger partial charge in [0, 0.05) is 37.4 Å². The smallest absolute Gasteiger partial charge is 0.163 e. The highest BCUT2D eigenvalue weighted by molar-refractivity contribution is 5.57. The van der Waals surface area contributed by atoms with E-state index in [-0.39, 0.29) is 0 Å². The van der Waals surface area contributed by atoms with E-state index in [2.05, 4.69) is 59.6 Å². The molecule has 1 atom stereocenters. The Bertz CT molecular complexity index is 660. The second-order valence-electron chi connectivity index (χ2n) is 6.47. The Kier molecular flexibility index (Phi) is 6.18. The molecule has 0 radical (unpaired) electrons. The summed E-state index contributed by atoms with van der Waals surface area (Å²) in [6, 6.07) is 17.4. The van der Waals surface area contributed by atoms with Crippen LogP contribution in [0.1, 0.15) is 18.9 Å². The number of anilines is 1. The standard InChI is InChI=1S/C21H28N2O2/c1-3-13-25-21-15-19(9-10-20(21)24-2)23-12-11-22-18(16-23)14-17-7-5-4-6-8-17/h4-10,15,18,22H,3,11-14,16H2,1-2H3/t18-/m0/s1. The van der Waals surface area contributed by atoms with Crippen LogP contribution in [-0.2, 0) is 6.42 Å². The van der Waals surface area contributed by atoms with Crippen LogP contribution in [0.2, 0.25) is 0 Å². The molecule has 0 saturated carbocycles. The molecule has 1 heterocycles. The van der Waals surface area contributed by atoms with Crippen LogP contribution < -0.4 is 19.7 Å². The minimum Gasteiger partial charge on any atom is -0.493 e. The highest BCUT2D eigenvalue weighted by Gasteiger charge is 2.21. The van der Waals surface area contributed by atoms with E-state index in [9.17, 15) is 0 Å². The molecular formula is C21H28N2O2. The molecule has 1 fully saturated rings. The molecule has 0 aliphatic carbocycles. The van der Waals surface area contributed by atoms with Crippen molar-refractivity contribution in [3.8, 4) is 11.5 Å². The average Bonchev–Trinajstić information content (AvgIpc) is 2.67. The van der Waals surface area contributed by atoms with E-state index in [0.29, 0.717) is 12.6 Å². The van der Waals surface area contributed by atoms with Crippen LogP contribution in [0.4, 0.5) is 5.69 Å². The first kappa shape index (κ1) is 17.6. The fraction of sp³-hybridized carbons (Fsp3) is 0.429. The van der Waals surface area contributed by atoms with Crippen LogP contribution in [0.3, 0.4) is 0 Å². The Morgan fingerprint density at radius 3 is 2.72 bits per heavy atom. The molecule has 0 spiro atoms. The van der Waals surface area contributed by atoms with Gasteiger partial charge in [-0.05, 0) is 30.5 Å². The lowest BCUT2D eigenvalue weighted by Crippen LogP contribution is -2.51. The van der Waals surface area contributed by atoms with Crippen molar-refractivity contribution in [2.24, 2.45) is 0 Å². The van der Waals surface area contributed by atoms with E-state index in [1.165, 1.54) is 11.3 Å². The van der Waals surface area contributed by atoms with Gasteiger partial charge in [0.15, 0.2) is 11.5 Å². The summed E-state index contributed by atoms with van der Waals surface area (Å²) in [6.07, 6.45) is 2.03. The number of hydrogen-bond acceptors (Lipinski definition) is 4. The van der Waals surface area contributed by atoms with Gasteiger partial charge in [-0.2, -0.15) is 0 Å². The molecule has 134 valence electrons. The predicted octanol–water partition coefficient (Wildman–Crippen LogP) is 3.50. The van der Waals surface area contributed by atoms with Crippen LogP contribution in [0.15, 0.2) is 48.5 Å². The van der Waals surface area contributed by atoms with Crippen molar-refractivity contribution < 1.29 is 9.47 Å². The van der Waals surface area contributed by atoms with E-state index in [1.807, 2.05) is 6.07 Å². The molecule has 4 heteroatoms. The molecule has 4 nitrogen and oxygen atoms in total. The van der Waals surface area contributed by atoms with Crippen molar-refractivity contribution >= 4 is 5.69 Å². The Morgan fingerprint density at radius 1 is 1.12 bits per heavy atom. The molecule has 25 heavy (non-hydrogen) atoms. The van der Waals surface area contributed by atoms with Gasteiger partial charge in [-0.15, -0.1) is 0 Å². The molecule has 1 aliphatic heterocycles. The van der Waals surface area contributed by atoms with Gasteiger partial charge in [0.25, 0.3) is 0 Å². The summed E-state index contributed by atoms with van der Waals surface area (Å²) in [5.41, 5.74) is 2.58. The Hall–Kier alpha value is -2.20. The maximum Gasteiger partial charge on any atom is 0.163 e. The zero-order chi connectivity index (χ0) is 17.5. The third-order valence-corrected chi connectivity index (χ3v) is 4.55.